The maximum Gasteiger partial charge on any atom is 0.00174 e. The van der Waals surface area contributed by atoms with Gasteiger partial charge in [-0.05, 0) is 38.0 Å². The van der Waals surface area contributed by atoms with Crippen molar-refractivity contribution in [3.63, 3.8) is 0 Å². The normalized spacial score (nSPS) is 12.7. The Hall–Kier alpha value is -0.860. The molecule has 0 aliphatic carbocycles. The third-order valence-electron chi connectivity index (χ3n) is 2.60. The predicted octanol–water partition coefficient (Wildman–Crippen LogP) is 1.99. The topological polar surface area (TPSA) is 24.1 Å². The summed E-state index contributed by atoms with van der Waals surface area (Å²) in [5.41, 5.74) is 1.42. The highest BCUT2D eigenvalue weighted by atomic mass is 14.9. The molecular weight excluding hydrogens is 184 g/mol. The van der Waals surface area contributed by atoms with Crippen LogP contribution in [0, 0.1) is 0 Å². The summed E-state index contributed by atoms with van der Waals surface area (Å²) in [4.78, 5) is 0. The van der Waals surface area contributed by atoms with Crippen LogP contribution in [0.4, 0.5) is 0 Å². The summed E-state index contributed by atoms with van der Waals surface area (Å²) < 4.78 is 0. The summed E-state index contributed by atoms with van der Waals surface area (Å²) >= 11 is 0. The SMILES string of the molecule is CNCCCNC[C@@H](C)c1ccccc1. The zero-order chi connectivity index (χ0) is 10.9. The average Bonchev–Trinajstić information content (AvgIpc) is 2.30. The van der Waals surface area contributed by atoms with E-state index in [1.54, 1.807) is 0 Å². The second-order valence-electron chi connectivity index (χ2n) is 3.97. The van der Waals surface area contributed by atoms with Crippen LogP contribution < -0.4 is 10.6 Å². The van der Waals surface area contributed by atoms with Crippen molar-refractivity contribution in [3.8, 4) is 0 Å². The molecule has 0 spiro atoms. The molecular formula is C13H22N2. The first-order valence-corrected chi connectivity index (χ1v) is 5.75. The lowest BCUT2D eigenvalue weighted by molar-refractivity contribution is 0.584. The van der Waals surface area contributed by atoms with Gasteiger partial charge in [-0.25, -0.2) is 0 Å². The highest BCUT2D eigenvalue weighted by Gasteiger charge is 2.02. The van der Waals surface area contributed by atoms with Crippen LogP contribution in [0.5, 0.6) is 0 Å². The summed E-state index contributed by atoms with van der Waals surface area (Å²) in [7, 11) is 1.99. The number of hydrogen-bond acceptors (Lipinski definition) is 2. The number of hydrogen-bond donors (Lipinski definition) is 2. The van der Waals surface area contributed by atoms with Gasteiger partial charge in [-0.1, -0.05) is 37.3 Å². The van der Waals surface area contributed by atoms with Crippen LogP contribution in [0.15, 0.2) is 30.3 Å². The number of rotatable bonds is 7. The van der Waals surface area contributed by atoms with E-state index < -0.39 is 0 Å². The Morgan fingerprint density at radius 3 is 2.53 bits per heavy atom. The minimum Gasteiger partial charge on any atom is -0.320 e. The van der Waals surface area contributed by atoms with Crippen molar-refractivity contribution in [2.24, 2.45) is 0 Å². The summed E-state index contributed by atoms with van der Waals surface area (Å²) in [6.07, 6.45) is 1.19. The lowest BCUT2D eigenvalue weighted by Crippen LogP contribution is -2.23. The van der Waals surface area contributed by atoms with Crippen LogP contribution in [-0.4, -0.2) is 26.7 Å². The molecule has 0 unspecified atom stereocenters. The molecule has 0 saturated carbocycles. The molecule has 84 valence electrons. The third-order valence-corrected chi connectivity index (χ3v) is 2.60. The van der Waals surface area contributed by atoms with Crippen molar-refractivity contribution in [2.45, 2.75) is 19.3 Å². The Bertz CT molecular complexity index is 246. The molecule has 0 saturated heterocycles. The molecule has 2 N–H and O–H groups in total. The van der Waals surface area contributed by atoms with E-state index in [2.05, 4.69) is 47.9 Å². The second kappa shape index (κ2) is 7.43. The lowest BCUT2D eigenvalue weighted by Gasteiger charge is -2.12. The highest BCUT2D eigenvalue weighted by Crippen LogP contribution is 2.12. The Labute approximate surface area is 93.1 Å². The quantitative estimate of drug-likeness (QED) is 0.667. The van der Waals surface area contributed by atoms with Gasteiger partial charge >= 0.3 is 0 Å². The molecule has 0 aliphatic rings. The van der Waals surface area contributed by atoms with E-state index >= 15 is 0 Å². The Morgan fingerprint density at radius 2 is 1.87 bits per heavy atom. The Balaban J connectivity index is 2.16. The van der Waals surface area contributed by atoms with Crippen molar-refractivity contribution >= 4 is 0 Å². The average molecular weight is 206 g/mol. The van der Waals surface area contributed by atoms with Crippen molar-refractivity contribution in [1.82, 2.24) is 10.6 Å². The largest absolute Gasteiger partial charge is 0.320 e. The zero-order valence-electron chi connectivity index (χ0n) is 9.79. The first-order chi connectivity index (χ1) is 7.34. The standard InChI is InChI=1S/C13H22N2/c1-12(11-15-10-6-9-14-2)13-7-4-3-5-8-13/h3-5,7-8,12,14-15H,6,9-11H2,1-2H3/t12-/m1/s1. The van der Waals surface area contributed by atoms with E-state index in [1.165, 1.54) is 12.0 Å². The van der Waals surface area contributed by atoms with Gasteiger partial charge in [-0.15, -0.1) is 0 Å². The Kier molecular flexibility index (Phi) is 6.05. The van der Waals surface area contributed by atoms with Crippen LogP contribution in [0.3, 0.4) is 0 Å². The molecule has 1 aromatic rings. The number of benzene rings is 1. The van der Waals surface area contributed by atoms with Crippen molar-refractivity contribution < 1.29 is 0 Å². The van der Waals surface area contributed by atoms with Gasteiger partial charge < -0.3 is 10.6 Å². The first kappa shape index (κ1) is 12.2. The van der Waals surface area contributed by atoms with Crippen molar-refractivity contribution in [1.29, 1.82) is 0 Å². The maximum atomic E-state index is 3.48. The van der Waals surface area contributed by atoms with Gasteiger partial charge in [0.25, 0.3) is 0 Å². The molecule has 1 atom stereocenters. The molecule has 2 heteroatoms. The molecule has 1 aromatic carbocycles. The summed E-state index contributed by atoms with van der Waals surface area (Å²) in [5.74, 6) is 0.598. The molecule has 2 nitrogen and oxygen atoms in total. The van der Waals surface area contributed by atoms with E-state index in [1.807, 2.05) is 7.05 Å². The van der Waals surface area contributed by atoms with Crippen LogP contribution in [0.1, 0.15) is 24.8 Å². The smallest absolute Gasteiger partial charge is 0.00174 e. The highest BCUT2D eigenvalue weighted by molar-refractivity contribution is 5.18. The second-order valence-corrected chi connectivity index (χ2v) is 3.97. The van der Waals surface area contributed by atoms with E-state index in [0.29, 0.717) is 5.92 Å². The third kappa shape index (κ3) is 4.96. The lowest BCUT2D eigenvalue weighted by atomic mass is 10.0. The van der Waals surface area contributed by atoms with E-state index in [0.717, 1.165) is 19.6 Å². The summed E-state index contributed by atoms with van der Waals surface area (Å²) in [6.45, 7) is 5.51. The molecule has 0 bridgehead atoms. The first-order valence-electron chi connectivity index (χ1n) is 5.75. The molecule has 0 heterocycles. The van der Waals surface area contributed by atoms with Gasteiger partial charge in [0.1, 0.15) is 0 Å². The fourth-order valence-corrected chi connectivity index (χ4v) is 1.61. The van der Waals surface area contributed by atoms with E-state index in [9.17, 15) is 0 Å². The fraction of sp³-hybridized carbons (Fsp3) is 0.538. The molecule has 0 amide bonds. The zero-order valence-corrected chi connectivity index (χ0v) is 9.79. The van der Waals surface area contributed by atoms with Gasteiger partial charge in [-0.2, -0.15) is 0 Å². The van der Waals surface area contributed by atoms with Gasteiger partial charge in [0, 0.05) is 6.54 Å². The molecule has 0 fully saturated rings. The number of nitrogens with one attached hydrogen (secondary N) is 2. The maximum absolute atomic E-state index is 3.48. The van der Waals surface area contributed by atoms with Gasteiger partial charge in [0.2, 0.25) is 0 Å². The molecule has 0 radical (unpaired) electrons. The molecule has 1 rings (SSSR count). The van der Waals surface area contributed by atoms with Crippen LogP contribution >= 0.6 is 0 Å². The molecule has 15 heavy (non-hydrogen) atoms. The summed E-state index contributed by atoms with van der Waals surface area (Å²) in [6, 6.07) is 10.7. The minimum atomic E-state index is 0.598. The van der Waals surface area contributed by atoms with Crippen molar-refractivity contribution in [3.05, 3.63) is 35.9 Å². The predicted molar refractivity (Wildman–Crippen MR) is 66.3 cm³/mol. The van der Waals surface area contributed by atoms with Crippen LogP contribution in [0.2, 0.25) is 0 Å². The Morgan fingerprint density at radius 1 is 1.13 bits per heavy atom. The monoisotopic (exact) mass is 206 g/mol. The van der Waals surface area contributed by atoms with Gasteiger partial charge in [-0.3, -0.25) is 0 Å². The van der Waals surface area contributed by atoms with E-state index in [4.69, 9.17) is 0 Å². The molecule has 0 aromatic heterocycles. The van der Waals surface area contributed by atoms with Gasteiger partial charge in [0.05, 0.1) is 0 Å². The van der Waals surface area contributed by atoms with Gasteiger partial charge in [0.15, 0.2) is 0 Å². The van der Waals surface area contributed by atoms with Crippen LogP contribution in [-0.2, 0) is 0 Å². The minimum absolute atomic E-state index is 0.598. The van der Waals surface area contributed by atoms with E-state index in [-0.39, 0.29) is 0 Å². The summed E-state index contributed by atoms with van der Waals surface area (Å²) in [5, 5.41) is 6.63. The van der Waals surface area contributed by atoms with Crippen molar-refractivity contribution in [2.75, 3.05) is 26.7 Å². The fourth-order valence-electron chi connectivity index (χ4n) is 1.61. The molecule has 0 aliphatic heterocycles. The van der Waals surface area contributed by atoms with Crippen LogP contribution in [0.25, 0.3) is 0 Å².